The van der Waals surface area contributed by atoms with Crippen molar-refractivity contribution in [2.75, 3.05) is 19.8 Å². The highest BCUT2D eigenvalue weighted by Crippen LogP contribution is 2.26. The van der Waals surface area contributed by atoms with E-state index in [2.05, 4.69) is 23.6 Å². The Morgan fingerprint density at radius 3 is 2.83 bits per heavy atom. The molecule has 29 heavy (non-hydrogen) atoms. The minimum atomic E-state index is -0.251. The monoisotopic (exact) mass is 391 g/mol. The Labute approximate surface area is 170 Å². The van der Waals surface area contributed by atoms with Crippen molar-refractivity contribution in [1.29, 1.82) is 0 Å². The zero-order chi connectivity index (χ0) is 20.1. The maximum atomic E-state index is 12.7. The number of nitrogens with zero attached hydrogens (tertiary/aromatic N) is 2. The molecule has 4 rings (SSSR count). The Morgan fingerprint density at radius 1 is 1.21 bits per heavy atom. The van der Waals surface area contributed by atoms with E-state index >= 15 is 0 Å². The first-order valence-electron chi connectivity index (χ1n) is 9.96. The van der Waals surface area contributed by atoms with Crippen molar-refractivity contribution < 1.29 is 14.3 Å². The zero-order valence-electron chi connectivity index (χ0n) is 16.5. The molecule has 0 saturated heterocycles. The van der Waals surface area contributed by atoms with Gasteiger partial charge in [-0.3, -0.25) is 9.48 Å². The van der Waals surface area contributed by atoms with Crippen LogP contribution in [0, 0.1) is 0 Å². The van der Waals surface area contributed by atoms with E-state index in [0.717, 1.165) is 12.1 Å². The van der Waals surface area contributed by atoms with Crippen LogP contribution in [0.25, 0.3) is 0 Å². The molecular formula is C23H25N3O3. The number of hydrogen-bond donors (Lipinski definition) is 1. The van der Waals surface area contributed by atoms with E-state index in [4.69, 9.17) is 14.6 Å². The van der Waals surface area contributed by atoms with E-state index in [-0.39, 0.29) is 12.0 Å². The van der Waals surface area contributed by atoms with Crippen LogP contribution in [0.5, 0.6) is 5.75 Å². The number of carbonyl (C=O) groups is 1. The zero-order valence-corrected chi connectivity index (χ0v) is 16.5. The first-order valence-corrected chi connectivity index (χ1v) is 9.96. The van der Waals surface area contributed by atoms with E-state index in [1.807, 2.05) is 41.9 Å². The molecule has 1 amide bonds. The minimum Gasteiger partial charge on any atom is -0.493 e. The number of fused-ring (bicyclic) bond motifs is 1. The first-order chi connectivity index (χ1) is 14.2. The van der Waals surface area contributed by atoms with Crippen molar-refractivity contribution in [1.82, 2.24) is 15.1 Å². The van der Waals surface area contributed by atoms with Gasteiger partial charge in [0.15, 0.2) is 0 Å². The summed E-state index contributed by atoms with van der Waals surface area (Å²) in [5, 5.41) is 7.71. The van der Waals surface area contributed by atoms with Gasteiger partial charge < -0.3 is 14.8 Å². The van der Waals surface area contributed by atoms with Crippen molar-refractivity contribution in [3.05, 3.63) is 83.2 Å². The van der Waals surface area contributed by atoms with Crippen LogP contribution in [0.15, 0.2) is 60.8 Å². The van der Waals surface area contributed by atoms with E-state index < -0.39 is 0 Å². The molecule has 2 heterocycles. The molecule has 1 aliphatic heterocycles. The average Bonchev–Trinajstić information content (AvgIpc) is 3.16. The summed E-state index contributed by atoms with van der Waals surface area (Å²) in [5.41, 5.74) is 3.82. The highest BCUT2D eigenvalue weighted by Gasteiger charge is 2.25. The van der Waals surface area contributed by atoms with Crippen LogP contribution in [-0.4, -0.2) is 35.4 Å². The summed E-state index contributed by atoms with van der Waals surface area (Å²) in [4.78, 5) is 12.7. The molecule has 0 unspecified atom stereocenters. The first kappa shape index (κ1) is 19.2. The molecule has 0 fully saturated rings. The number of ether oxygens (including phenoxy) is 2. The highest BCUT2D eigenvalue weighted by atomic mass is 16.5. The average molecular weight is 391 g/mol. The maximum Gasteiger partial charge on any atom is 0.255 e. The molecule has 3 aromatic rings. The van der Waals surface area contributed by atoms with Crippen LogP contribution < -0.4 is 10.1 Å². The second kappa shape index (κ2) is 8.92. The summed E-state index contributed by atoms with van der Waals surface area (Å²) < 4.78 is 13.4. The molecule has 1 aromatic heterocycles. The Balaban J connectivity index is 1.44. The Morgan fingerprint density at radius 2 is 2.00 bits per heavy atom. The molecule has 0 radical (unpaired) electrons. The molecule has 0 saturated carbocycles. The lowest BCUT2D eigenvalue weighted by atomic mass is 10.1. The highest BCUT2D eigenvalue weighted by molar-refractivity contribution is 5.96. The largest absolute Gasteiger partial charge is 0.493 e. The summed E-state index contributed by atoms with van der Waals surface area (Å²) >= 11 is 0. The second-order valence-electron chi connectivity index (χ2n) is 6.97. The summed E-state index contributed by atoms with van der Waals surface area (Å²) in [6.07, 6.45) is 2.67. The van der Waals surface area contributed by atoms with Gasteiger partial charge in [0.05, 0.1) is 31.0 Å². The van der Waals surface area contributed by atoms with E-state index in [1.54, 1.807) is 12.1 Å². The number of rotatable bonds is 7. The van der Waals surface area contributed by atoms with Gasteiger partial charge >= 0.3 is 0 Å². The summed E-state index contributed by atoms with van der Waals surface area (Å²) in [6.45, 7) is 4.12. The van der Waals surface area contributed by atoms with Crippen LogP contribution >= 0.6 is 0 Å². The predicted molar refractivity (Wildman–Crippen MR) is 110 cm³/mol. The molecule has 6 heteroatoms. The Hall–Kier alpha value is -3.12. The molecule has 1 aliphatic rings. The van der Waals surface area contributed by atoms with E-state index in [0.29, 0.717) is 37.6 Å². The fourth-order valence-corrected chi connectivity index (χ4v) is 3.55. The number of benzene rings is 2. The summed E-state index contributed by atoms with van der Waals surface area (Å²) in [5.74, 6) is 0.415. The Bertz CT molecular complexity index is 969. The number of nitrogens with one attached hydrogen (secondary N) is 1. The summed E-state index contributed by atoms with van der Waals surface area (Å²) in [6, 6.07) is 17.5. The third kappa shape index (κ3) is 4.49. The standard InChI is InChI=1S/C23H25N3O3/c1-2-28-20-11-7-6-10-19(20)23(27)24-14-21-22-18(12-13-29-21)16-26(25-22)15-17-8-4-3-5-9-17/h3-11,16,21H,2,12-15H2,1H3,(H,24,27)/t21-/m1/s1. The van der Waals surface area contributed by atoms with Gasteiger partial charge in [0, 0.05) is 12.7 Å². The smallest absolute Gasteiger partial charge is 0.255 e. The van der Waals surface area contributed by atoms with Gasteiger partial charge in [0.25, 0.3) is 5.91 Å². The van der Waals surface area contributed by atoms with E-state index in [1.165, 1.54) is 11.1 Å². The van der Waals surface area contributed by atoms with Crippen molar-refractivity contribution in [3.63, 3.8) is 0 Å². The van der Waals surface area contributed by atoms with Gasteiger partial charge in [0.2, 0.25) is 0 Å². The normalized spacial score (nSPS) is 15.6. The number of amides is 1. The molecule has 1 atom stereocenters. The van der Waals surface area contributed by atoms with Crippen molar-refractivity contribution in [3.8, 4) is 5.75 Å². The maximum absolute atomic E-state index is 12.7. The van der Waals surface area contributed by atoms with E-state index in [9.17, 15) is 4.79 Å². The third-order valence-corrected chi connectivity index (χ3v) is 4.93. The number of aromatic nitrogens is 2. The molecule has 1 N–H and O–H groups in total. The van der Waals surface area contributed by atoms with Gasteiger partial charge in [-0.25, -0.2) is 0 Å². The Kier molecular flexibility index (Phi) is 5.91. The van der Waals surface area contributed by atoms with Crippen molar-refractivity contribution in [2.45, 2.75) is 26.0 Å². The van der Waals surface area contributed by atoms with Gasteiger partial charge in [0.1, 0.15) is 11.9 Å². The SMILES string of the molecule is CCOc1ccccc1C(=O)NC[C@H]1OCCc2cn(Cc3ccccc3)nc21. The molecule has 2 aromatic carbocycles. The van der Waals surface area contributed by atoms with Gasteiger partial charge in [-0.05, 0) is 36.6 Å². The van der Waals surface area contributed by atoms with Gasteiger partial charge in [-0.15, -0.1) is 0 Å². The second-order valence-corrected chi connectivity index (χ2v) is 6.97. The topological polar surface area (TPSA) is 65.4 Å². The molecule has 0 bridgehead atoms. The molecule has 0 spiro atoms. The van der Waals surface area contributed by atoms with Gasteiger partial charge in [-0.1, -0.05) is 42.5 Å². The lowest BCUT2D eigenvalue weighted by molar-refractivity contribution is 0.0383. The number of carbonyl (C=O) groups excluding carboxylic acids is 1. The van der Waals surface area contributed by atoms with Crippen LogP contribution in [-0.2, 0) is 17.7 Å². The molecule has 0 aliphatic carbocycles. The third-order valence-electron chi connectivity index (χ3n) is 4.93. The lowest BCUT2D eigenvalue weighted by Crippen LogP contribution is -2.32. The van der Waals surface area contributed by atoms with Crippen LogP contribution in [0.3, 0.4) is 0 Å². The van der Waals surface area contributed by atoms with Crippen LogP contribution in [0.4, 0.5) is 0 Å². The van der Waals surface area contributed by atoms with Crippen molar-refractivity contribution >= 4 is 5.91 Å². The van der Waals surface area contributed by atoms with Gasteiger partial charge in [-0.2, -0.15) is 5.10 Å². The minimum absolute atomic E-state index is 0.173. The molecule has 150 valence electrons. The number of hydrogen-bond acceptors (Lipinski definition) is 4. The number of para-hydroxylation sites is 1. The predicted octanol–water partition coefficient (Wildman–Crippen LogP) is 3.37. The fraction of sp³-hybridized carbons (Fsp3) is 0.304. The van der Waals surface area contributed by atoms with Crippen LogP contribution in [0.1, 0.15) is 40.2 Å². The van der Waals surface area contributed by atoms with Crippen molar-refractivity contribution in [2.24, 2.45) is 0 Å². The summed E-state index contributed by atoms with van der Waals surface area (Å²) in [7, 11) is 0. The molecule has 6 nitrogen and oxygen atoms in total. The lowest BCUT2D eigenvalue weighted by Gasteiger charge is -2.22. The quantitative estimate of drug-likeness (QED) is 0.671. The van der Waals surface area contributed by atoms with Crippen LogP contribution in [0.2, 0.25) is 0 Å². The molecular weight excluding hydrogens is 366 g/mol. The fourth-order valence-electron chi connectivity index (χ4n) is 3.55.